The van der Waals surface area contributed by atoms with E-state index in [4.69, 9.17) is 4.74 Å². The SMILES string of the molecule is Cc1ccc(S(=O)(=O)N(CC(=O)N/N=C\c2cccc(OCc3ccccc3)c2)Cc2cccc(C)c2)cc1. The Morgan fingerprint density at radius 2 is 1.56 bits per heavy atom. The van der Waals surface area contributed by atoms with Crippen molar-refractivity contribution in [2.75, 3.05) is 6.54 Å². The van der Waals surface area contributed by atoms with E-state index < -0.39 is 15.9 Å². The van der Waals surface area contributed by atoms with E-state index in [-0.39, 0.29) is 18.0 Å². The molecule has 1 amide bonds. The number of hydrazone groups is 1. The Hall–Kier alpha value is -4.27. The van der Waals surface area contributed by atoms with Gasteiger partial charge in [0.1, 0.15) is 12.4 Å². The van der Waals surface area contributed by atoms with Crippen LogP contribution in [-0.2, 0) is 28.0 Å². The van der Waals surface area contributed by atoms with Crippen LogP contribution in [-0.4, -0.2) is 31.4 Å². The summed E-state index contributed by atoms with van der Waals surface area (Å²) in [4.78, 5) is 12.9. The van der Waals surface area contributed by atoms with Gasteiger partial charge >= 0.3 is 0 Å². The highest BCUT2D eigenvalue weighted by Crippen LogP contribution is 2.20. The van der Waals surface area contributed by atoms with Crippen molar-refractivity contribution in [3.05, 3.63) is 131 Å². The summed E-state index contributed by atoms with van der Waals surface area (Å²) in [7, 11) is -3.93. The molecule has 0 heterocycles. The van der Waals surface area contributed by atoms with Crippen molar-refractivity contribution in [2.24, 2.45) is 5.10 Å². The summed E-state index contributed by atoms with van der Waals surface area (Å²) in [5, 5.41) is 4.04. The molecule has 0 atom stereocenters. The lowest BCUT2D eigenvalue weighted by Gasteiger charge is -2.22. The van der Waals surface area contributed by atoms with Crippen molar-refractivity contribution in [3.8, 4) is 5.75 Å². The smallest absolute Gasteiger partial charge is 0.255 e. The summed E-state index contributed by atoms with van der Waals surface area (Å²) < 4.78 is 33.9. The monoisotopic (exact) mass is 541 g/mol. The number of amides is 1. The second kappa shape index (κ2) is 13.0. The van der Waals surface area contributed by atoms with Crippen LogP contribution in [0, 0.1) is 13.8 Å². The fraction of sp³-hybridized carbons (Fsp3) is 0.161. The van der Waals surface area contributed by atoms with Crippen molar-refractivity contribution in [1.82, 2.24) is 9.73 Å². The molecule has 0 radical (unpaired) electrons. The van der Waals surface area contributed by atoms with Crippen molar-refractivity contribution >= 4 is 22.1 Å². The average Bonchev–Trinajstić information content (AvgIpc) is 2.93. The molecule has 0 fully saturated rings. The van der Waals surface area contributed by atoms with Crippen LogP contribution < -0.4 is 10.2 Å². The highest BCUT2D eigenvalue weighted by molar-refractivity contribution is 7.89. The van der Waals surface area contributed by atoms with Crippen LogP contribution in [0.5, 0.6) is 5.75 Å². The van der Waals surface area contributed by atoms with Crippen molar-refractivity contribution in [1.29, 1.82) is 0 Å². The molecule has 4 rings (SSSR count). The molecule has 0 saturated heterocycles. The van der Waals surface area contributed by atoms with Crippen LogP contribution in [0.15, 0.2) is 113 Å². The standard InChI is InChI=1S/C31H31N3O4S/c1-24-14-16-30(17-15-24)39(36,37)34(21-28-12-6-8-25(2)18-28)22-31(35)33-32-20-27-11-7-13-29(19-27)38-23-26-9-4-3-5-10-26/h3-20H,21-23H2,1-2H3,(H,33,35)/b32-20-. The Labute approximate surface area is 229 Å². The Morgan fingerprint density at radius 3 is 2.31 bits per heavy atom. The minimum atomic E-state index is -3.93. The van der Waals surface area contributed by atoms with E-state index in [1.54, 1.807) is 24.3 Å². The summed E-state index contributed by atoms with van der Waals surface area (Å²) in [5.41, 5.74) is 6.97. The minimum Gasteiger partial charge on any atom is -0.489 e. The molecule has 0 saturated carbocycles. The van der Waals surface area contributed by atoms with Gasteiger partial charge in [-0.15, -0.1) is 0 Å². The molecule has 0 aliphatic heterocycles. The number of carbonyl (C=O) groups excluding carboxylic acids is 1. The third kappa shape index (κ3) is 8.10. The molecule has 0 aliphatic rings. The number of hydrogen-bond donors (Lipinski definition) is 1. The van der Waals surface area contributed by atoms with Gasteiger partial charge in [0.25, 0.3) is 5.91 Å². The Bertz CT molecular complexity index is 1540. The van der Waals surface area contributed by atoms with Gasteiger partial charge in [0.05, 0.1) is 17.7 Å². The van der Waals surface area contributed by atoms with Gasteiger partial charge in [0, 0.05) is 6.54 Å². The molecular weight excluding hydrogens is 510 g/mol. The number of ether oxygens (including phenoxy) is 1. The summed E-state index contributed by atoms with van der Waals surface area (Å²) >= 11 is 0. The van der Waals surface area contributed by atoms with Crippen LogP contribution in [0.1, 0.15) is 27.8 Å². The molecule has 8 heteroatoms. The van der Waals surface area contributed by atoms with E-state index in [2.05, 4.69) is 10.5 Å². The number of hydrogen-bond acceptors (Lipinski definition) is 5. The maximum atomic E-state index is 13.5. The second-order valence-corrected chi connectivity index (χ2v) is 11.2. The molecule has 0 unspecified atom stereocenters. The van der Waals surface area contributed by atoms with E-state index in [9.17, 15) is 13.2 Å². The van der Waals surface area contributed by atoms with E-state index in [0.29, 0.717) is 12.4 Å². The molecule has 7 nitrogen and oxygen atoms in total. The fourth-order valence-electron chi connectivity index (χ4n) is 3.90. The molecule has 39 heavy (non-hydrogen) atoms. The van der Waals surface area contributed by atoms with Gasteiger partial charge in [-0.1, -0.05) is 90.0 Å². The minimum absolute atomic E-state index is 0.0514. The molecule has 1 N–H and O–H groups in total. The first-order valence-corrected chi connectivity index (χ1v) is 13.9. The third-order valence-corrected chi connectivity index (χ3v) is 7.74. The molecule has 4 aromatic carbocycles. The van der Waals surface area contributed by atoms with E-state index in [0.717, 1.165) is 32.1 Å². The van der Waals surface area contributed by atoms with E-state index in [1.165, 1.54) is 6.21 Å². The lowest BCUT2D eigenvalue weighted by Crippen LogP contribution is -2.39. The van der Waals surface area contributed by atoms with Crippen LogP contribution in [0.25, 0.3) is 0 Å². The zero-order valence-corrected chi connectivity index (χ0v) is 22.8. The second-order valence-electron chi connectivity index (χ2n) is 9.22. The van der Waals surface area contributed by atoms with Crippen LogP contribution in [0.2, 0.25) is 0 Å². The quantitative estimate of drug-likeness (QED) is 0.208. The van der Waals surface area contributed by atoms with Crippen molar-refractivity contribution < 1.29 is 17.9 Å². The highest BCUT2D eigenvalue weighted by atomic mass is 32.2. The molecular formula is C31H31N3O4S. The normalized spacial score (nSPS) is 11.6. The topological polar surface area (TPSA) is 88.1 Å². The Morgan fingerprint density at radius 1 is 0.846 bits per heavy atom. The predicted molar refractivity (Wildman–Crippen MR) is 153 cm³/mol. The van der Waals surface area contributed by atoms with Gasteiger partial charge in [0.2, 0.25) is 10.0 Å². The predicted octanol–water partition coefficient (Wildman–Crippen LogP) is 5.22. The Balaban J connectivity index is 1.43. The van der Waals surface area contributed by atoms with Crippen molar-refractivity contribution in [2.45, 2.75) is 31.9 Å². The van der Waals surface area contributed by atoms with Gasteiger partial charge in [-0.25, -0.2) is 13.8 Å². The first-order valence-electron chi connectivity index (χ1n) is 12.5. The van der Waals surface area contributed by atoms with Crippen molar-refractivity contribution in [3.63, 3.8) is 0 Å². The molecule has 0 aliphatic carbocycles. The Kier molecular flexibility index (Phi) is 9.25. The van der Waals surface area contributed by atoms with Crippen LogP contribution >= 0.6 is 0 Å². The number of carbonyl (C=O) groups is 1. The van der Waals surface area contributed by atoms with Gasteiger partial charge in [-0.05, 0) is 54.8 Å². The molecule has 0 spiro atoms. The maximum absolute atomic E-state index is 13.5. The summed E-state index contributed by atoms with van der Waals surface area (Å²) in [6.07, 6.45) is 1.49. The van der Waals surface area contributed by atoms with Gasteiger partial charge in [-0.3, -0.25) is 4.79 Å². The third-order valence-electron chi connectivity index (χ3n) is 5.93. The van der Waals surface area contributed by atoms with Crippen LogP contribution in [0.3, 0.4) is 0 Å². The number of sulfonamides is 1. The molecule has 0 aromatic heterocycles. The zero-order chi connectivity index (χ0) is 27.7. The first-order chi connectivity index (χ1) is 18.8. The van der Waals surface area contributed by atoms with Gasteiger partial charge in [0.15, 0.2) is 0 Å². The number of rotatable bonds is 11. The largest absolute Gasteiger partial charge is 0.489 e. The van der Waals surface area contributed by atoms with Crippen LogP contribution in [0.4, 0.5) is 0 Å². The maximum Gasteiger partial charge on any atom is 0.255 e. The van der Waals surface area contributed by atoms with E-state index >= 15 is 0 Å². The van der Waals surface area contributed by atoms with Gasteiger partial charge in [-0.2, -0.15) is 9.41 Å². The lowest BCUT2D eigenvalue weighted by atomic mass is 10.1. The van der Waals surface area contributed by atoms with E-state index in [1.807, 2.05) is 92.7 Å². The van der Waals surface area contributed by atoms with Gasteiger partial charge < -0.3 is 4.74 Å². The number of benzene rings is 4. The lowest BCUT2D eigenvalue weighted by molar-refractivity contribution is -0.121. The zero-order valence-electron chi connectivity index (χ0n) is 21.9. The molecule has 0 bridgehead atoms. The molecule has 4 aromatic rings. The highest BCUT2D eigenvalue weighted by Gasteiger charge is 2.27. The average molecular weight is 542 g/mol. The number of nitrogens with zero attached hydrogens (tertiary/aromatic N) is 2. The number of nitrogens with one attached hydrogen (secondary N) is 1. The summed E-state index contributed by atoms with van der Waals surface area (Å²) in [5.74, 6) is 0.119. The summed E-state index contributed by atoms with van der Waals surface area (Å²) in [6, 6.07) is 31.3. The fourth-order valence-corrected chi connectivity index (χ4v) is 5.28. The number of aryl methyl sites for hydroxylation is 2. The molecule has 200 valence electrons. The first kappa shape index (κ1) is 27.8. The summed E-state index contributed by atoms with van der Waals surface area (Å²) in [6.45, 7) is 3.92.